The van der Waals surface area contributed by atoms with Gasteiger partial charge in [0, 0.05) is 24.5 Å². The highest BCUT2D eigenvalue weighted by Crippen LogP contribution is 2.07. The zero-order valence-electron chi connectivity index (χ0n) is 9.96. The SMILES string of the molecule is CN(CCCCCBr)C(=O)c1ccc(F)cc1. The number of alkyl halides is 1. The largest absolute Gasteiger partial charge is 0.342 e. The zero-order valence-corrected chi connectivity index (χ0v) is 11.5. The first-order valence-electron chi connectivity index (χ1n) is 5.72. The Hall–Kier alpha value is -0.900. The Kier molecular flexibility index (Phi) is 6.19. The van der Waals surface area contributed by atoms with Crippen molar-refractivity contribution in [3.05, 3.63) is 35.6 Å². The average Bonchev–Trinajstić information content (AvgIpc) is 2.34. The smallest absolute Gasteiger partial charge is 0.253 e. The van der Waals surface area contributed by atoms with Crippen LogP contribution in [0.25, 0.3) is 0 Å². The molecule has 0 aliphatic heterocycles. The second-order valence-corrected chi connectivity index (χ2v) is 4.78. The van der Waals surface area contributed by atoms with E-state index in [9.17, 15) is 9.18 Å². The minimum Gasteiger partial charge on any atom is -0.342 e. The van der Waals surface area contributed by atoms with Crippen LogP contribution >= 0.6 is 15.9 Å². The van der Waals surface area contributed by atoms with E-state index in [1.807, 2.05) is 0 Å². The fraction of sp³-hybridized carbons (Fsp3) is 0.462. The molecule has 17 heavy (non-hydrogen) atoms. The van der Waals surface area contributed by atoms with E-state index >= 15 is 0 Å². The van der Waals surface area contributed by atoms with Crippen LogP contribution in [-0.2, 0) is 0 Å². The van der Waals surface area contributed by atoms with Gasteiger partial charge in [0.2, 0.25) is 0 Å². The van der Waals surface area contributed by atoms with Gasteiger partial charge in [0.1, 0.15) is 5.82 Å². The molecule has 0 atom stereocenters. The van der Waals surface area contributed by atoms with Crippen molar-refractivity contribution < 1.29 is 9.18 Å². The summed E-state index contributed by atoms with van der Waals surface area (Å²) >= 11 is 3.37. The molecule has 1 rings (SSSR count). The standard InChI is InChI=1S/C13H17BrFNO/c1-16(10-4-2-3-9-14)13(17)11-5-7-12(15)8-6-11/h5-8H,2-4,9-10H2,1H3. The molecule has 94 valence electrons. The molecule has 0 aliphatic rings. The zero-order chi connectivity index (χ0) is 12.7. The van der Waals surface area contributed by atoms with E-state index in [-0.39, 0.29) is 11.7 Å². The predicted octanol–water partition coefficient (Wildman–Crippen LogP) is 3.46. The summed E-state index contributed by atoms with van der Waals surface area (Å²) in [6.45, 7) is 0.739. The lowest BCUT2D eigenvalue weighted by Crippen LogP contribution is -2.27. The monoisotopic (exact) mass is 301 g/mol. The number of hydrogen-bond acceptors (Lipinski definition) is 1. The van der Waals surface area contributed by atoms with Gasteiger partial charge >= 0.3 is 0 Å². The fourth-order valence-corrected chi connectivity index (χ4v) is 1.93. The van der Waals surface area contributed by atoms with Gasteiger partial charge in [-0.2, -0.15) is 0 Å². The lowest BCUT2D eigenvalue weighted by atomic mass is 10.2. The summed E-state index contributed by atoms with van der Waals surface area (Å²) in [4.78, 5) is 13.6. The van der Waals surface area contributed by atoms with E-state index in [2.05, 4.69) is 15.9 Å². The summed E-state index contributed by atoms with van der Waals surface area (Å²) in [6, 6.07) is 5.66. The van der Waals surface area contributed by atoms with Gasteiger partial charge in [0.15, 0.2) is 0 Å². The summed E-state index contributed by atoms with van der Waals surface area (Å²) in [7, 11) is 1.78. The van der Waals surface area contributed by atoms with E-state index in [0.29, 0.717) is 5.56 Å². The van der Waals surface area contributed by atoms with Gasteiger partial charge in [-0.25, -0.2) is 4.39 Å². The van der Waals surface area contributed by atoms with E-state index in [0.717, 1.165) is 31.1 Å². The third kappa shape index (κ3) is 4.86. The van der Waals surface area contributed by atoms with Crippen LogP contribution in [0.15, 0.2) is 24.3 Å². The van der Waals surface area contributed by atoms with E-state index in [4.69, 9.17) is 0 Å². The lowest BCUT2D eigenvalue weighted by Gasteiger charge is -2.16. The molecule has 0 bridgehead atoms. The van der Waals surface area contributed by atoms with Gasteiger partial charge in [0.25, 0.3) is 5.91 Å². The Labute approximate surface area is 110 Å². The molecule has 0 spiro atoms. The maximum absolute atomic E-state index is 12.7. The lowest BCUT2D eigenvalue weighted by molar-refractivity contribution is 0.0792. The number of amides is 1. The second-order valence-electron chi connectivity index (χ2n) is 3.98. The van der Waals surface area contributed by atoms with Crippen LogP contribution in [0, 0.1) is 5.82 Å². The molecular formula is C13H17BrFNO. The number of nitrogens with zero attached hydrogens (tertiary/aromatic N) is 1. The Morgan fingerprint density at radius 3 is 2.47 bits per heavy atom. The van der Waals surface area contributed by atoms with Crippen molar-refractivity contribution in [2.75, 3.05) is 18.9 Å². The Morgan fingerprint density at radius 2 is 1.88 bits per heavy atom. The number of carbonyl (C=O) groups is 1. The molecule has 0 saturated carbocycles. The summed E-state index contributed by atoms with van der Waals surface area (Å²) in [5, 5.41) is 1.00. The quantitative estimate of drug-likeness (QED) is 0.582. The maximum Gasteiger partial charge on any atom is 0.253 e. The van der Waals surface area contributed by atoms with Crippen LogP contribution in [0.4, 0.5) is 4.39 Å². The highest BCUT2D eigenvalue weighted by Gasteiger charge is 2.10. The minimum absolute atomic E-state index is 0.0520. The van der Waals surface area contributed by atoms with Crippen molar-refractivity contribution in [3.8, 4) is 0 Å². The Bertz CT molecular complexity index is 353. The predicted molar refractivity (Wildman–Crippen MR) is 71.0 cm³/mol. The third-order valence-corrected chi connectivity index (χ3v) is 3.13. The number of unbranched alkanes of at least 4 members (excludes halogenated alkanes) is 2. The van der Waals surface area contributed by atoms with E-state index in [1.165, 1.54) is 24.3 Å². The van der Waals surface area contributed by atoms with Crippen molar-refractivity contribution in [3.63, 3.8) is 0 Å². The fourth-order valence-electron chi connectivity index (χ4n) is 1.53. The third-order valence-electron chi connectivity index (χ3n) is 2.57. The molecule has 1 amide bonds. The second kappa shape index (κ2) is 7.43. The van der Waals surface area contributed by atoms with Gasteiger partial charge in [-0.05, 0) is 37.1 Å². The molecule has 1 aromatic carbocycles. The molecule has 0 aromatic heterocycles. The Balaban J connectivity index is 2.43. The Morgan fingerprint density at radius 1 is 1.24 bits per heavy atom. The summed E-state index contributed by atoms with van der Waals surface area (Å²) in [6.07, 6.45) is 3.22. The first-order chi connectivity index (χ1) is 8.15. The van der Waals surface area contributed by atoms with Crippen LogP contribution in [0.3, 0.4) is 0 Å². The van der Waals surface area contributed by atoms with Crippen LogP contribution in [0.2, 0.25) is 0 Å². The molecule has 0 unspecified atom stereocenters. The van der Waals surface area contributed by atoms with Crippen LogP contribution < -0.4 is 0 Å². The van der Waals surface area contributed by atoms with Crippen LogP contribution in [-0.4, -0.2) is 29.7 Å². The molecule has 1 aromatic rings. The summed E-state index contributed by atoms with van der Waals surface area (Å²) in [5.41, 5.74) is 0.536. The number of benzene rings is 1. The minimum atomic E-state index is -0.318. The number of carbonyl (C=O) groups excluding carboxylic acids is 1. The summed E-state index contributed by atoms with van der Waals surface area (Å²) in [5.74, 6) is -0.370. The van der Waals surface area contributed by atoms with Crippen molar-refractivity contribution in [2.24, 2.45) is 0 Å². The number of hydrogen-bond donors (Lipinski definition) is 0. The van der Waals surface area contributed by atoms with Gasteiger partial charge in [-0.15, -0.1) is 0 Å². The van der Waals surface area contributed by atoms with E-state index in [1.54, 1.807) is 11.9 Å². The van der Waals surface area contributed by atoms with Crippen LogP contribution in [0.5, 0.6) is 0 Å². The molecule has 0 N–H and O–H groups in total. The molecule has 0 aliphatic carbocycles. The summed E-state index contributed by atoms with van der Waals surface area (Å²) < 4.78 is 12.7. The molecule has 2 nitrogen and oxygen atoms in total. The number of rotatable bonds is 6. The number of halogens is 2. The van der Waals surface area contributed by atoms with Gasteiger partial charge in [-0.3, -0.25) is 4.79 Å². The van der Waals surface area contributed by atoms with Crippen molar-refractivity contribution in [1.29, 1.82) is 0 Å². The molecular weight excluding hydrogens is 285 g/mol. The van der Waals surface area contributed by atoms with Crippen molar-refractivity contribution in [2.45, 2.75) is 19.3 Å². The molecule has 0 heterocycles. The highest BCUT2D eigenvalue weighted by molar-refractivity contribution is 9.09. The molecule has 0 fully saturated rings. The normalized spacial score (nSPS) is 10.3. The first kappa shape index (κ1) is 14.2. The van der Waals surface area contributed by atoms with E-state index < -0.39 is 0 Å². The highest BCUT2D eigenvalue weighted by atomic mass is 79.9. The van der Waals surface area contributed by atoms with Crippen molar-refractivity contribution >= 4 is 21.8 Å². The van der Waals surface area contributed by atoms with Crippen molar-refractivity contribution in [1.82, 2.24) is 4.90 Å². The molecule has 0 radical (unpaired) electrons. The average molecular weight is 302 g/mol. The molecule has 4 heteroatoms. The maximum atomic E-state index is 12.7. The van der Waals surface area contributed by atoms with Gasteiger partial charge in [0.05, 0.1) is 0 Å². The van der Waals surface area contributed by atoms with Gasteiger partial charge < -0.3 is 4.90 Å². The topological polar surface area (TPSA) is 20.3 Å². The van der Waals surface area contributed by atoms with Crippen LogP contribution in [0.1, 0.15) is 29.6 Å². The molecule has 0 saturated heterocycles. The van der Waals surface area contributed by atoms with Gasteiger partial charge in [-0.1, -0.05) is 22.4 Å². The first-order valence-corrected chi connectivity index (χ1v) is 6.84.